The molecule has 0 bridgehead atoms. The number of sulfonamides is 1. The number of nitrogens with zero attached hydrogens (tertiary/aromatic N) is 1. The molecular weight excluding hydrogens is 272 g/mol. The van der Waals surface area contributed by atoms with Crippen LogP contribution in [0.2, 0.25) is 0 Å². The summed E-state index contributed by atoms with van der Waals surface area (Å²) < 4.78 is 26.5. The lowest BCUT2D eigenvalue weighted by atomic mass is 10.2. The van der Waals surface area contributed by atoms with Gasteiger partial charge in [-0.3, -0.25) is 0 Å². The summed E-state index contributed by atoms with van der Waals surface area (Å²) >= 11 is 0. The van der Waals surface area contributed by atoms with Crippen LogP contribution in [-0.4, -0.2) is 32.4 Å². The van der Waals surface area contributed by atoms with Crippen LogP contribution in [0.3, 0.4) is 0 Å². The van der Waals surface area contributed by atoms with E-state index in [0.29, 0.717) is 4.90 Å². The monoisotopic (exact) mass is 298 g/mol. The van der Waals surface area contributed by atoms with Crippen LogP contribution in [0.25, 0.3) is 0 Å². The molecule has 1 rings (SSSR count). The zero-order valence-electron chi connectivity index (χ0n) is 12.9. The van der Waals surface area contributed by atoms with E-state index < -0.39 is 10.0 Å². The molecule has 0 saturated carbocycles. The lowest BCUT2D eigenvalue weighted by molar-refractivity contribution is 0.349. The summed E-state index contributed by atoms with van der Waals surface area (Å²) in [6.45, 7) is 7.74. The molecular formula is C15H26N2O2S. The van der Waals surface area contributed by atoms with E-state index in [9.17, 15) is 8.42 Å². The minimum atomic E-state index is -3.39. The smallest absolute Gasteiger partial charge is 0.243 e. The Kier molecular flexibility index (Phi) is 6.65. The number of hydrogen-bond acceptors (Lipinski definition) is 3. The predicted molar refractivity (Wildman–Crippen MR) is 83.1 cm³/mol. The molecule has 0 aromatic heterocycles. The third-order valence-corrected chi connectivity index (χ3v) is 5.56. The van der Waals surface area contributed by atoms with Crippen molar-refractivity contribution < 1.29 is 8.42 Å². The second-order valence-electron chi connectivity index (χ2n) is 4.92. The molecule has 0 fully saturated rings. The van der Waals surface area contributed by atoms with Crippen molar-refractivity contribution in [1.29, 1.82) is 0 Å². The van der Waals surface area contributed by atoms with Crippen LogP contribution in [0.15, 0.2) is 29.2 Å². The first-order valence-corrected chi connectivity index (χ1v) is 8.69. The summed E-state index contributed by atoms with van der Waals surface area (Å²) in [5.74, 6) is 0. The fraction of sp³-hybridized carbons (Fsp3) is 0.600. The van der Waals surface area contributed by atoms with Crippen LogP contribution >= 0.6 is 0 Å². The molecule has 4 nitrogen and oxygen atoms in total. The van der Waals surface area contributed by atoms with Gasteiger partial charge in [-0.25, -0.2) is 8.42 Å². The summed E-state index contributed by atoms with van der Waals surface area (Å²) in [4.78, 5) is 0.368. The van der Waals surface area contributed by atoms with Gasteiger partial charge in [-0.05, 0) is 37.1 Å². The maximum absolute atomic E-state index is 12.5. The van der Waals surface area contributed by atoms with Gasteiger partial charge in [0.15, 0.2) is 0 Å². The molecule has 0 spiro atoms. The highest BCUT2D eigenvalue weighted by Gasteiger charge is 2.25. The van der Waals surface area contributed by atoms with Crippen LogP contribution in [-0.2, 0) is 16.6 Å². The van der Waals surface area contributed by atoms with Crippen molar-refractivity contribution in [2.24, 2.45) is 0 Å². The first-order chi connectivity index (χ1) is 9.47. The van der Waals surface area contributed by atoms with Crippen LogP contribution in [0, 0.1) is 0 Å². The van der Waals surface area contributed by atoms with E-state index in [0.717, 1.165) is 31.5 Å². The van der Waals surface area contributed by atoms with Crippen LogP contribution in [0.1, 0.15) is 39.2 Å². The highest BCUT2D eigenvalue weighted by atomic mass is 32.2. The SMILES string of the molecule is CCNCc1ccc(S(=O)(=O)N(C)C(CC)CC)cc1. The van der Waals surface area contributed by atoms with Gasteiger partial charge in [0.1, 0.15) is 0 Å². The summed E-state index contributed by atoms with van der Waals surface area (Å²) in [6, 6.07) is 7.19. The quantitative estimate of drug-likeness (QED) is 0.802. The highest BCUT2D eigenvalue weighted by Crippen LogP contribution is 2.19. The van der Waals surface area contributed by atoms with E-state index >= 15 is 0 Å². The topological polar surface area (TPSA) is 49.4 Å². The molecule has 0 amide bonds. The molecule has 0 aliphatic rings. The predicted octanol–water partition coefficient (Wildman–Crippen LogP) is 2.61. The second kappa shape index (κ2) is 7.76. The van der Waals surface area contributed by atoms with Gasteiger partial charge in [-0.1, -0.05) is 32.9 Å². The van der Waals surface area contributed by atoms with E-state index in [4.69, 9.17) is 0 Å². The molecule has 1 N–H and O–H groups in total. The standard InChI is InChI=1S/C15H26N2O2S/c1-5-14(6-2)17(4)20(18,19)15-10-8-13(9-11-15)12-16-7-3/h8-11,14,16H,5-7,12H2,1-4H3. The first kappa shape index (κ1) is 17.1. The lowest BCUT2D eigenvalue weighted by Gasteiger charge is -2.25. The minimum Gasteiger partial charge on any atom is -0.313 e. The van der Waals surface area contributed by atoms with Gasteiger partial charge in [-0.15, -0.1) is 0 Å². The van der Waals surface area contributed by atoms with Crippen LogP contribution in [0.4, 0.5) is 0 Å². The van der Waals surface area contributed by atoms with Crippen LogP contribution in [0.5, 0.6) is 0 Å². The number of rotatable bonds is 8. The molecule has 0 saturated heterocycles. The Morgan fingerprint density at radius 1 is 1.10 bits per heavy atom. The van der Waals surface area contributed by atoms with Crippen molar-refractivity contribution in [3.63, 3.8) is 0 Å². The molecule has 0 unspecified atom stereocenters. The molecule has 20 heavy (non-hydrogen) atoms. The maximum atomic E-state index is 12.5. The van der Waals surface area contributed by atoms with Crippen molar-refractivity contribution in [3.05, 3.63) is 29.8 Å². The van der Waals surface area contributed by atoms with Crippen LogP contribution < -0.4 is 5.32 Å². The van der Waals surface area contributed by atoms with Crippen molar-refractivity contribution in [1.82, 2.24) is 9.62 Å². The first-order valence-electron chi connectivity index (χ1n) is 7.25. The summed E-state index contributed by atoms with van der Waals surface area (Å²) in [5.41, 5.74) is 1.09. The number of nitrogens with one attached hydrogen (secondary N) is 1. The molecule has 5 heteroatoms. The number of benzene rings is 1. The summed E-state index contributed by atoms with van der Waals surface area (Å²) in [6.07, 6.45) is 1.65. The fourth-order valence-corrected chi connectivity index (χ4v) is 3.72. The molecule has 0 aliphatic carbocycles. The molecule has 0 heterocycles. The van der Waals surface area contributed by atoms with Crippen molar-refractivity contribution in [3.8, 4) is 0 Å². The third-order valence-electron chi connectivity index (χ3n) is 3.64. The van der Waals surface area contributed by atoms with E-state index in [-0.39, 0.29) is 6.04 Å². The average molecular weight is 298 g/mol. The summed E-state index contributed by atoms with van der Waals surface area (Å²) in [5, 5.41) is 3.22. The molecule has 0 atom stereocenters. The maximum Gasteiger partial charge on any atom is 0.243 e. The highest BCUT2D eigenvalue weighted by molar-refractivity contribution is 7.89. The Morgan fingerprint density at radius 3 is 2.10 bits per heavy atom. The van der Waals surface area contributed by atoms with Crippen molar-refractivity contribution >= 4 is 10.0 Å². The molecule has 1 aromatic carbocycles. The van der Waals surface area contributed by atoms with E-state index in [1.807, 2.05) is 32.9 Å². The zero-order valence-corrected chi connectivity index (χ0v) is 13.7. The van der Waals surface area contributed by atoms with E-state index in [2.05, 4.69) is 5.32 Å². The molecule has 0 radical (unpaired) electrons. The Balaban J connectivity index is 2.92. The third kappa shape index (κ3) is 4.04. The minimum absolute atomic E-state index is 0.0569. The molecule has 114 valence electrons. The number of hydrogen-bond donors (Lipinski definition) is 1. The molecule has 0 aliphatic heterocycles. The van der Waals surface area contributed by atoms with Crippen molar-refractivity contribution in [2.75, 3.05) is 13.6 Å². The van der Waals surface area contributed by atoms with Gasteiger partial charge in [0.2, 0.25) is 10.0 Å². The van der Waals surface area contributed by atoms with Gasteiger partial charge < -0.3 is 5.32 Å². The fourth-order valence-electron chi connectivity index (χ4n) is 2.21. The largest absolute Gasteiger partial charge is 0.313 e. The Bertz CT molecular complexity index is 493. The van der Waals surface area contributed by atoms with Crippen molar-refractivity contribution in [2.45, 2.75) is 51.1 Å². The van der Waals surface area contributed by atoms with E-state index in [1.165, 1.54) is 4.31 Å². The Morgan fingerprint density at radius 2 is 1.65 bits per heavy atom. The normalized spacial score (nSPS) is 12.3. The summed E-state index contributed by atoms with van der Waals surface area (Å²) in [7, 11) is -1.72. The van der Waals surface area contributed by atoms with Gasteiger partial charge in [0.25, 0.3) is 0 Å². The van der Waals surface area contributed by atoms with Gasteiger partial charge >= 0.3 is 0 Å². The van der Waals surface area contributed by atoms with Gasteiger partial charge in [0, 0.05) is 19.6 Å². The molecule has 1 aromatic rings. The van der Waals surface area contributed by atoms with E-state index in [1.54, 1.807) is 19.2 Å². The average Bonchev–Trinajstić information content (AvgIpc) is 2.46. The second-order valence-corrected chi connectivity index (χ2v) is 6.91. The van der Waals surface area contributed by atoms with Gasteiger partial charge in [0.05, 0.1) is 4.90 Å². The Hall–Kier alpha value is -0.910. The lowest BCUT2D eigenvalue weighted by Crippen LogP contribution is -2.36. The zero-order chi connectivity index (χ0) is 15.2. The van der Waals surface area contributed by atoms with Gasteiger partial charge in [-0.2, -0.15) is 4.31 Å². The Labute approximate surface area is 123 Å².